The fourth-order valence-corrected chi connectivity index (χ4v) is 6.56. The highest BCUT2D eigenvalue weighted by atomic mass is 16.3. The van der Waals surface area contributed by atoms with Crippen LogP contribution in [0.3, 0.4) is 0 Å². The Hall–Kier alpha value is -5.61. The molecule has 7 aromatic carbocycles. The zero-order valence-electron chi connectivity index (χ0n) is 25.3. The van der Waals surface area contributed by atoms with Gasteiger partial charge in [0.2, 0.25) is 0 Å². The number of imidazole rings is 1. The number of benzene rings is 7. The summed E-state index contributed by atoms with van der Waals surface area (Å²) in [6.07, 6.45) is 0. The van der Waals surface area contributed by atoms with Crippen molar-refractivity contribution >= 4 is 65.3 Å². The predicted octanol–water partition coefficient (Wildman–Crippen LogP) is 10.1. The van der Waals surface area contributed by atoms with Gasteiger partial charge < -0.3 is 9.52 Å². The van der Waals surface area contributed by atoms with Crippen LogP contribution in [0, 0.1) is 6.85 Å². The van der Waals surface area contributed by atoms with Crippen LogP contribution >= 0.6 is 0 Å². The highest BCUT2D eigenvalue weighted by Gasteiger charge is 2.21. The number of aryl methyl sites for hydroxylation is 1. The van der Waals surface area contributed by atoms with Crippen LogP contribution in [0.4, 0.5) is 0 Å². The van der Waals surface area contributed by atoms with Crippen molar-refractivity contribution < 1.29 is 13.6 Å². The Morgan fingerprint density at radius 2 is 1.31 bits per heavy atom. The Bertz CT molecular complexity index is 2630. The lowest BCUT2D eigenvalue weighted by Crippen LogP contribution is -1.99. The second-order valence-electron chi connectivity index (χ2n) is 10.7. The van der Waals surface area contributed by atoms with Crippen molar-refractivity contribution in [2.24, 2.45) is 0 Å². The van der Waals surface area contributed by atoms with Gasteiger partial charge in [0.1, 0.15) is 22.7 Å². The standard InChI is InChI=1S/C38H24N2O2/c1-22-8-6-15-34-36(22)40(38(39-34)32-14-7-13-31-30-19-17-24(41)21-35(30)42-37(31)32)23-16-18-29-27-11-3-2-9-25(27)26-10-4-5-12-28(26)33(29)20-23/h2-21,41H,1H3/i1D3. The van der Waals surface area contributed by atoms with Crippen LogP contribution in [0.25, 0.3) is 82.4 Å². The molecule has 0 spiro atoms. The molecule has 0 aliphatic heterocycles. The second kappa shape index (κ2) is 8.45. The van der Waals surface area contributed by atoms with E-state index in [0.29, 0.717) is 28.0 Å². The van der Waals surface area contributed by atoms with Gasteiger partial charge in [-0.05, 0) is 81.1 Å². The van der Waals surface area contributed by atoms with E-state index in [1.54, 1.807) is 24.3 Å². The van der Waals surface area contributed by atoms with Gasteiger partial charge in [-0.2, -0.15) is 0 Å². The van der Waals surface area contributed by atoms with Gasteiger partial charge in [0, 0.05) is 26.6 Å². The zero-order chi connectivity index (χ0) is 30.4. The summed E-state index contributed by atoms with van der Waals surface area (Å²) in [5.74, 6) is 0.689. The van der Waals surface area contributed by atoms with Crippen molar-refractivity contribution in [3.8, 4) is 22.8 Å². The number of aromatic hydroxyl groups is 1. The normalized spacial score (nSPS) is 13.4. The molecule has 0 unspecified atom stereocenters. The Balaban J connectivity index is 1.43. The Morgan fingerprint density at radius 1 is 0.643 bits per heavy atom. The summed E-state index contributed by atoms with van der Waals surface area (Å²) in [6, 6.07) is 39.4. The van der Waals surface area contributed by atoms with Crippen LogP contribution in [0.15, 0.2) is 126 Å². The first-order valence-electron chi connectivity index (χ1n) is 15.4. The number of fused-ring (bicyclic) bond motifs is 10. The lowest BCUT2D eigenvalue weighted by Gasteiger charge is -2.15. The Kier molecular flexibility index (Phi) is 4.08. The number of phenols is 1. The minimum Gasteiger partial charge on any atom is -0.508 e. The molecule has 4 nitrogen and oxygen atoms in total. The predicted molar refractivity (Wildman–Crippen MR) is 173 cm³/mol. The third-order valence-corrected chi connectivity index (χ3v) is 8.39. The fraction of sp³-hybridized carbons (Fsp3) is 0.0263. The number of aromatic nitrogens is 2. The van der Waals surface area contributed by atoms with Gasteiger partial charge in [-0.25, -0.2) is 4.98 Å². The maximum atomic E-state index is 10.1. The molecule has 0 aliphatic rings. The highest BCUT2D eigenvalue weighted by molar-refractivity contribution is 6.25. The molecule has 0 aliphatic carbocycles. The largest absolute Gasteiger partial charge is 0.508 e. The van der Waals surface area contributed by atoms with Gasteiger partial charge in [-0.15, -0.1) is 0 Å². The van der Waals surface area contributed by atoms with Gasteiger partial charge in [0.15, 0.2) is 0 Å². The summed E-state index contributed by atoms with van der Waals surface area (Å²) < 4.78 is 33.6. The third kappa shape index (κ3) is 3.15. The van der Waals surface area contributed by atoms with Crippen LogP contribution in [-0.2, 0) is 0 Å². The van der Waals surface area contributed by atoms with Crippen LogP contribution in [0.5, 0.6) is 5.75 Å². The van der Waals surface area contributed by atoms with Crippen LogP contribution in [0.1, 0.15) is 9.68 Å². The minimum absolute atomic E-state index is 0.119. The summed E-state index contributed by atoms with van der Waals surface area (Å²) in [5, 5.41) is 18.7. The van der Waals surface area contributed by atoms with Crippen molar-refractivity contribution in [1.29, 1.82) is 0 Å². The topological polar surface area (TPSA) is 51.2 Å². The maximum Gasteiger partial charge on any atom is 0.149 e. The molecule has 0 radical (unpaired) electrons. The number of furan rings is 1. The number of rotatable bonds is 2. The fourth-order valence-electron chi connectivity index (χ4n) is 6.56. The summed E-state index contributed by atoms with van der Waals surface area (Å²) in [4.78, 5) is 5.07. The van der Waals surface area contributed by atoms with E-state index in [2.05, 4.69) is 54.6 Å². The maximum absolute atomic E-state index is 10.1. The second-order valence-corrected chi connectivity index (χ2v) is 10.7. The quantitative estimate of drug-likeness (QED) is 0.221. The zero-order valence-corrected chi connectivity index (χ0v) is 22.3. The van der Waals surface area contributed by atoms with E-state index in [1.165, 1.54) is 5.39 Å². The molecule has 0 fully saturated rings. The smallest absolute Gasteiger partial charge is 0.149 e. The van der Waals surface area contributed by atoms with Gasteiger partial charge >= 0.3 is 0 Å². The average molecular weight is 544 g/mol. The molecule has 0 amide bonds. The molecule has 0 bridgehead atoms. The molecule has 4 heteroatoms. The van der Waals surface area contributed by atoms with Gasteiger partial charge in [-0.3, -0.25) is 4.57 Å². The summed E-state index contributed by atoms with van der Waals surface area (Å²) in [7, 11) is 0. The van der Waals surface area contributed by atoms with Crippen molar-refractivity contribution in [2.45, 2.75) is 6.85 Å². The number of para-hydroxylation sites is 2. The van der Waals surface area contributed by atoms with Crippen molar-refractivity contribution in [3.05, 3.63) is 127 Å². The van der Waals surface area contributed by atoms with Crippen LogP contribution in [-0.4, -0.2) is 14.7 Å². The Labute approximate surface area is 244 Å². The van der Waals surface area contributed by atoms with Crippen LogP contribution < -0.4 is 0 Å². The first kappa shape index (κ1) is 20.3. The van der Waals surface area contributed by atoms with E-state index >= 15 is 0 Å². The first-order chi connectivity index (χ1) is 21.9. The monoisotopic (exact) mass is 543 g/mol. The van der Waals surface area contributed by atoms with E-state index in [0.717, 1.165) is 49.0 Å². The van der Waals surface area contributed by atoms with Gasteiger partial charge in [0.05, 0.1) is 16.6 Å². The molecule has 0 saturated carbocycles. The van der Waals surface area contributed by atoms with Crippen molar-refractivity contribution in [2.75, 3.05) is 0 Å². The molecule has 0 atom stereocenters. The first-order valence-corrected chi connectivity index (χ1v) is 13.9. The summed E-state index contributed by atoms with van der Waals surface area (Å²) >= 11 is 0. The summed E-state index contributed by atoms with van der Waals surface area (Å²) in [6.45, 7) is -2.36. The summed E-state index contributed by atoms with van der Waals surface area (Å²) in [5.41, 5.74) is 4.02. The lowest BCUT2D eigenvalue weighted by molar-refractivity contribution is 0.475. The molecule has 9 rings (SSSR count). The number of hydrogen-bond donors (Lipinski definition) is 1. The average Bonchev–Trinajstić information content (AvgIpc) is 3.62. The van der Waals surface area contributed by atoms with Crippen LogP contribution in [0.2, 0.25) is 0 Å². The van der Waals surface area contributed by atoms with Gasteiger partial charge in [-0.1, -0.05) is 78.9 Å². The molecule has 42 heavy (non-hydrogen) atoms. The Morgan fingerprint density at radius 3 is 2.07 bits per heavy atom. The van der Waals surface area contributed by atoms with E-state index in [1.807, 2.05) is 47.0 Å². The number of nitrogens with zero attached hydrogens (tertiary/aromatic N) is 2. The molecule has 9 aromatic rings. The highest BCUT2D eigenvalue weighted by Crippen LogP contribution is 2.41. The molecule has 1 N–H and O–H groups in total. The van der Waals surface area contributed by atoms with E-state index in [-0.39, 0.29) is 11.3 Å². The van der Waals surface area contributed by atoms with E-state index < -0.39 is 6.85 Å². The molecule has 2 aromatic heterocycles. The SMILES string of the molecule is [2H]C([2H])([2H])c1cccc2nc(-c3cccc4c3oc3cc(O)ccc34)n(-c3ccc4c5ccccc5c5ccccc5c4c3)c12. The number of phenolic OH excluding ortho intramolecular Hbond substituents is 1. The molecular weight excluding hydrogens is 516 g/mol. The molecule has 2 heterocycles. The molecule has 0 saturated heterocycles. The molecular formula is C38H24N2O2. The van der Waals surface area contributed by atoms with Gasteiger partial charge in [0.25, 0.3) is 0 Å². The number of hydrogen-bond acceptors (Lipinski definition) is 3. The molecule has 198 valence electrons. The lowest BCUT2D eigenvalue weighted by atomic mass is 9.94. The van der Waals surface area contributed by atoms with E-state index in [9.17, 15) is 5.11 Å². The van der Waals surface area contributed by atoms with Crippen molar-refractivity contribution in [1.82, 2.24) is 9.55 Å². The van der Waals surface area contributed by atoms with Crippen molar-refractivity contribution in [3.63, 3.8) is 0 Å². The van der Waals surface area contributed by atoms with E-state index in [4.69, 9.17) is 13.5 Å². The minimum atomic E-state index is -2.36. The third-order valence-electron chi connectivity index (χ3n) is 8.39.